The first-order valence-electron chi connectivity index (χ1n) is 4.64. The molecule has 1 N–H and O–H groups in total. The molecule has 0 saturated heterocycles. The number of hydrogen-bond donors (Lipinski definition) is 1. The molecule has 0 fully saturated rings. The SMILES string of the molecule is CCCCCCC(=O)NCCI. The average molecular weight is 283 g/mol. The highest BCUT2D eigenvalue weighted by Crippen LogP contribution is 2.01. The zero-order chi connectivity index (χ0) is 9.23. The number of halogens is 1. The maximum Gasteiger partial charge on any atom is 0.220 e. The van der Waals surface area contributed by atoms with Crippen molar-refractivity contribution in [3.63, 3.8) is 0 Å². The number of amides is 1. The van der Waals surface area contributed by atoms with Crippen molar-refractivity contribution in [1.29, 1.82) is 0 Å². The summed E-state index contributed by atoms with van der Waals surface area (Å²) in [5.74, 6) is 0.211. The molecule has 0 bridgehead atoms. The topological polar surface area (TPSA) is 29.1 Å². The molecule has 0 rings (SSSR count). The van der Waals surface area contributed by atoms with E-state index in [2.05, 4.69) is 34.8 Å². The van der Waals surface area contributed by atoms with Gasteiger partial charge in [-0.3, -0.25) is 4.79 Å². The number of alkyl halides is 1. The highest BCUT2D eigenvalue weighted by molar-refractivity contribution is 14.1. The zero-order valence-electron chi connectivity index (χ0n) is 7.74. The fraction of sp³-hybridized carbons (Fsp3) is 0.889. The molecular formula is C9H18INO. The van der Waals surface area contributed by atoms with Crippen LogP contribution in [0.3, 0.4) is 0 Å². The summed E-state index contributed by atoms with van der Waals surface area (Å²) in [7, 11) is 0. The van der Waals surface area contributed by atoms with E-state index >= 15 is 0 Å². The van der Waals surface area contributed by atoms with Gasteiger partial charge in [0.1, 0.15) is 0 Å². The second kappa shape index (κ2) is 9.29. The normalized spacial score (nSPS) is 9.83. The van der Waals surface area contributed by atoms with Crippen LogP contribution in [0.4, 0.5) is 0 Å². The van der Waals surface area contributed by atoms with Gasteiger partial charge in [-0.25, -0.2) is 0 Å². The van der Waals surface area contributed by atoms with Gasteiger partial charge in [0, 0.05) is 17.4 Å². The maximum absolute atomic E-state index is 11.1. The van der Waals surface area contributed by atoms with E-state index in [0.29, 0.717) is 6.42 Å². The Morgan fingerprint density at radius 1 is 1.33 bits per heavy atom. The summed E-state index contributed by atoms with van der Waals surface area (Å²) in [5, 5.41) is 2.86. The minimum Gasteiger partial charge on any atom is -0.355 e. The molecule has 0 aliphatic rings. The summed E-state index contributed by atoms with van der Waals surface area (Å²) in [5.41, 5.74) is 0. The second-order valence-corrected chi connectivity index (χ2v) is 3.93. The van der Waals surface area contributed by atoms with Crippen molar-refractivity contribution in [2.24, 2.45) is 0 Å². The van der Waals surface area contributed by atoms with Gasteiger partial charge in [-0.1, -0.05) is 48.8 Å². The third-order valence-electron chi connectivity index (χ3n) is 1.67. The summed E-state index contributed by atoms with van der Waals surface area (Å²) in [6.45, 7) is 2.99. The summed E-state index contributed by atoms with van der Waals surface area (Å²) >= 11 is 2.26. The number of carbonyl (C=O) groups excluding carboxylic acids is 1. The number of carbonyl (C=O) groups is 1. The van der Waals surface area contributed by atoms with E-state index < -0.39 is 0 Å². The Labute approximate surface area is 88.6 Å². The Balaban J connectivity index is 3.08. The van der Waals surface area contributed by atoms with Crippen molar-refractivity contribution in [3.8, 4) is 0 Å². The van der Waals surface area contributed by atoms with E-state index in [9.17, 15) is 4.79 Å². The van der Waals surface area contributed by atoms with Crippen LogP contribution in [0.25, 0.3) is 0 Å². The Morgan fingerprint density at radius 2 is 2.08 bits per heavy atom. The molecule has 0 aromatic heterocycles. The second-order valence-electron chi connectivity index (χ2n) is 2.85. The van der Waals surface area contributed by atoms with Crippen LogP contribution in [-0.4, -0.2) is 16.9 Å². The number of nitrogens with one attached hydrogen (secondary N) is 1. The monoisotopic (exact) mass is 283 g/mol. The van der Waals surface area contributed by atoms with Gasteiger partial charge in [-0.15, -0.1) is 0 Å². The summed E-state index contributed by atoms with van der Waals surface area (Å²) in [6, 6.07) is 0. The number of rotatable bonds is 7. The predicted octanol–water partition coefficient (Wildman–Crippen LogP) is 2.51. The lowest BCUT2D eigenvalue weighted by atomic mass is 10.1. The fourth-order valence-electron chi connectivity index (χ4n) is 0.987. The molecule has 0 heterocycles. The molecule has 0 saturated carbocycles. The number of unbranched alkanes of at least 4 members (excludes halogenated alkanes) is 3. The minimum absolute atomic E-state index is 0.211. The van der Waals surface area contributed by atoms with Crippen LogP contribution in [0.2, 0.25) is 0 Å². The Bertz CT molecular complexity index is 117. The maximum atomic E-state index is 11.1. The highest BCUT2D eigenvalue weighted by Gasteiger charge is 1.98. The highest BCUT2D eigenvalue weighted by atomic mass is 127. The van der Waals surface area contributed by atoms with Crippen LogP contribution >= 0.6 is 22.6 Å². The summed E-state index contributed by atoms with van der Waals surface area (Å²) in [6.07, 6.45) is 5.42. The molecule has 0 aromatic rings. The average Bonchev–Trinajstić information content (AvgIpc) is 2.09. The van der Waals surface area contributed by atoms with E-state index in [4.69, 9.17) is 0 Å². The minimum atomic E-state index is 0.211. The summed E-state index contributed by atoms with van der Waals surface area (Å²) < 4.78 is 0.998. The van der Waals surface area contributed by atoms with Gasteiger partial charge in [0.15, 0.2) is 0 Å². The molecule has 0 aromatic carbocycles. The van der Waals surface area contributed by atoms with Crippen molar-refractivity contribution in [3.05, 3.63) is 0 Å². The van der Waals surface area contributed by atoms with Crippen LogP contribution in [0, 0.1) is 0 Å². The summed E-state index contributed by atoms with van der Waals surface area (Å²) in [4.78, 5) is 11.1. The van der Waals surface area contributed by atoms with Crippen molar-refractivity contribution in [2.45, 2.75) is 39.0 Å². The first-order valence-corrected chi connectivity index (χ1v) is 6.16. The predicted molar refractivity (Wildman–Crippen MR) is 60.7 cm³/mol. The van der Waals surface area contributed by atoms with Gasteiger partial charge in [-0.2, -0.15) is 0 Å². The molecule has 0 aliphatic heterocycles. The van der Waals surface area contributed by atoms with Crippen molar-refractivity contribution in [1.82, 2.24) is 5.32 Å². The van der Waals surface area contributed by atoms with Gasteiger partial charge in [0.25, 0.3) is 0 Å². The van der Waals surface area contributed by atoms with E-state index in [-0.39, 0.29) is 5.91 Å². The molecule has 0 aliphatic carbocycles. The Morgan fingerprint density at radius 3 is 2.67 bits per heavy atom. The van der Waals surface area contributed by atoms with Crippen LogP contribution in [0.5, 0.6) is 0 Å². The largest absolute Gasteiger partial charge is 0.355 e. The molecule has 0 radical (unpaired) electrons. The first kappa shape index (κ1) is 12.2. The quantitative estimate of drug-likeness (QED) is 0.434. The fourth-order valence-corrected chi connectivity index (χ4v) is 1.26. The van der Waals surface area contributed by atoms with Gasteiger partial charge < -0.3 is 5.32 Å². The van der Waals surface area contributed by atoms with Crippen LogP contribution in [0.1, 0.15) is 39.0 Å². The van der Waals surface area contributed by atoms with Gasteiger partial charge in [0.2, 0.25) is 5.91 Å². The molecule has 12 heavy (non-hydrogen) atoms. The third-order valence-corrected chi connectivity index (χ3v) is 2.21. The van der Waals surface area contributed by atoms with E-state index in [1.807, 2.05) is 0 Å². The molecule has 0 atom stereocenters. The lowest BCUT2D eigenvalue weighted by molar-refractivity contribution is -0.121. The lowest BCUT2D eigenvalue weighted by Crippen LogP contribution is -2.24. The van der Waals surface area contributed by atoms with Crippen LogP contribution in [0.15, 0.2) is 0 Å². The molecule has 0 spiro atoms. The zero-order valence-corrected chi connectivity index (χ0v) is 9.89. The smallest absolute Gasteiger partial charge is 0.220 e. The van der Waals surface area contributed by atoms with E-state index in [1.54, 1.807) is 0 Å². The third kappa shape index (κ3) is 8.30. The van der Waals surface area contributed by atoms with Gasteiger partial charge >= 0.3 is 0 Å². The molecule has 2 nitrogen and oxygen atoms in total. The standard InChI is InChI=1S/C9H18INO/c1-2-3-4-5-6-9(12)11-8-7-10/h2-8H2,1H3,(H,11,12). The first-order chi connectivity index (χ1) is 5.81. The van der Waals surface area contributed by atoms with Gasteiger partial charge in [0.05, 0.1) is 0 Å². The molecule has 3 heteroatoms. The molecule has 1 amide bonds. The Hall–Kier alpha value is 0.200. The Kier molecular flexibility index (Phi) is 9.44. The van der Waals surface area contributed by atoms with Gasteiger partial charge in [-0.05, 0) is 6.42 Å². The van der Waals surface area contributed by atoms with E-state index in [1.165, 1.54) is 19.3 Å². The number of hydrogen-bond acceptors (Lipinski definition) is 1. The molecule has 0 unspecified atom stereocenters. The van der Waals surface area contributed by atoms with Crippen molar-refractivity contribution < 1.29 is 4.79 Å². The van der Waals surface area contributed by atoms with Crippen LogP contribution in [-0.2, 0) is 4.79 Å². The van der Waals surface area contributed by atoms with Crippen LogP contribution < -0.4 is 5.32 Å². The van der Waals surface area contributed by atoms with Crippen molar-refractivity contribution in [2.75, 3.05) is 11.0 Å². The molecular weight excluding hydrogens is 265 g/mol. The van der Waals surface area contributed by atoms with Crippen molar-refractivity contribution >= 4 is 28.5 Å². The molecule has 72 valence electrons. The van der Waals surface area contributed by atoms with E-state index in [0.717, 1.165) is 17.4 Å². The lowest BCUT2D eigenvalue weighted by Gasteiger charge is -2.01.